The molecule has 0 spiro atoms. The predicted molar refractivity (Wildman–Crippen MR) is 149 cm³/mol. The molecular weight excluding hydrogens is 484 g/mol. The lowest BCUT2D eigenvalue weighted by Crippen LogP contribution is -2.17. The van der Waals surface area contributed by atoms with Crippen LogP contribution in [0.2, 0.25) is 0 Å². The van der Waals surface area contributed by atoms with Gasteiger partial charge < -0.3 is 28.7 Å². The molecule has 8 nitrogen and oxygen atoms in total. The third kappa shape index (κ3) is 8.03. The predicted octanol–water partition coefficient (Wildman–Crippen LogP) is 5.48. The molecule has 2 saturated heterocycles. The second-order valence-electron chi connectivity index (χ2n) is 8.68. The zero-order valence-corrected chi connectivity index (χ0v) is 22.8. The van der Waals surface area contributed by atoms with Crippen molar-refractivity contribution in [2.75, 3.05) is 50.3 Å². The van der Waals surface area contributed by atoms with Gasteiger partial charge >= 0.3 is 11.9 Å². The number of nitrogens with zero attached hydrogens (tertiary/aromatic N) is 2. The van der Waals surface area contributed by atoms with Gasteiger partial charge in [-0.3, -0.25) is 0 Å². The van der Waals surface area contributed by atoms with E-state index in [0.717, 1.165) is 73.0 Å². The lowest BCUT2D eigenvalue weighted by molar-refractivity contribution is -0.138. The average Bonchev–Trinajstić information content (AvgIpc) is 3.59. The van der Waals surface area contributed by atoms with Crippen LogP contribution in [0.3, 0.4) is 0 Å². The van der Waals surface area contributed by atoms with E-state index in [1.807, 2.05) is 62.4 Å². The molecule has 2 fully saturated rings. The molecule has 2 aromatic rings. The maximum atomic E-state index is 11.5. The van der Waals surface area contributed by atoms with Crippen molar-refractivity contribution in [3.05, 3.63) is 72.1 Å². The van der Waals surface area contributed by atoms with Gasteiger partial charge in [0.1, 0.15) is 11.5 Å². The fraction of sp³-hybridized carbons (Fsp3) is 0.400. The molecule has 0 radical (unpaired) electrons. The number of methoxy groups -OCH3 is 2. The second kappa shape index (κ2) is 14.7. The van der Waals surface area contributed by atoms with E-state index in [1.54, 1.807) is 26.4 Å². The van der Waals surface area contributed by atoms with Crippen LogP contribution in [0.1, 0.15) is 39.5 Å². The van der Waals surface area contributed by atoms with E-state index in [0.29, 0.717) is 13.2 Å². The first-order chi connectivity index (χ1) is 18.5. The van der Waals surface area contributed by atoms with Crippen molar-refractivity contribution in [3.8, 4) is 11.5 Å². The number of allylic oxidation sites excluding steroid dienone is 2. The van der Waals surface area contributed by atoms with E-state index < -0.39 is 0 Å². The zero-order chi connectivity index (χ0) is 27.3. The van der Waals surface area contributed by atoms with Gasteiger partial charge in [0, 0.05) is 48.0 Å². The van der Waals surface area contributed by atoms with Crippen molar-refractivity contribution in [1.29, 1.82) is 0 Å². The van der Waals surface area contributed by atoms with Gasteiger partial charge in [-0.2, -0.15) is 0 Å². The Bertz CT molecular complexity index is 1020. The number of hydrogen-bond acceptors (Lipinski definition) is 8. The number of ether oxygens (including phenoxy) is 4. The Labute approximate surface area is 225 Å². The van der Waals surface area contributed by atoms with Crippen molar-refractivity contribution in [2.24, 2.45) is 0 Å². The summed E-state index contributed by atoms with van der Waals surface area (Å²) in [6.45, 7) is 6.30. The maximum absolute atomic E-state index is 11.5. The monoisotopic (exact) mass is 522 g/mol. The lowest BCUT2D eigenvalue weighted by atomic mass is 10.2. The minimum Gasteiger partial charge on any atom is -0.497 e. The van der Waals surface area contributed by atoms with Crippen molar-refractivity contribution in [3.63, 3.8) is 0 Å². The van der Waals surface area contributed by atoms with Crippen LogP contribution in [0.5, 0.6) is 11.5 Å². The molecular formula is C30H38N2O6. The number of esters is 2. The Morgan fingerprint density at radius 3 is 1.37 bits per heavy atom. The summed E-state index contributed by atoms with van der Waals surface area (Å²) in [5.41, 5.74) is 4.19. The molecule has 2 aliphatic heterocycles. The summed E-state index contributed by atoms with van der Waals surface area (Å²) in [6, 6.07) is 15.7. The van der Waals surface area contributed by atoms with Crippen LogP contribution < -0.4 is 19.3 Å². The maximum Gasteiger partial charge on any atom is 0.332 e. The fourth-order valence-corrected chi connectivity index (χ4v) is 4.45. The SMILES string of the molecule is CCOC(=O)/C=C1\CCCN1c1ccc(OC)cc1.CCOC(=O)/C=C1\CCCN1c1ccc(OC)cc1. The van der Waals surface area contributed by atoms with E-state index >= 15 is 0 Å². The van der Waals surface area contributed by atoms with Crippen LogP contribution in [0.4, 0.5) is 11.4 Å². The number of anilines is 2. The Morgan fingerprint density at radius 1 is 0.684 bits per heavy atom. The molecule has 2 aliphatic rings. The summed E-state index contributed by atoms with van der Waals surface area (Å²) in [5.74, 6) is 1.13. The molecule has 38 heavy (non-hydrogen) atoms. The molecule has 0 bridgehead atoms. The molecule has 0 atom stereocenters. The molecule has 2 aromatic carbocycles. The molecule has 0 unspecified atom stereocenters. The number of rotatable bonds is 8. The summed E-state index contributed by atoms with van der Waals surface area (Å²) < 4.78 is 20.2. The topological polar surface area (TPSA) is 77.5 Å². The fourth-order valence-electron chi connectivity index (χ4n) is 4.45. The summed E-state index contributed by atoms with van der Waals surface area (Å²) in [5, 5.41) is 0. The van der Waals surface area contributed by atoms with Crippen LogP contribution in [-0.2, 0) is 19.1 Å². The lowest BCUT2D eigenvalue weighted by Gasteiger charge is -2.20. The highest BCUT2D eigenvalue weighted by atomic mass is 16.5. The van der Waals surface area contributed by atoms with Crippen LogP contribution >= 0.6 is 0 Å². The molecule has 4 rings (SSSR count). The highest BCUT2D eigenvalue weighted by Crippen LogP contribution is 2.30. The van der Waals surface area contributed by atoms with Crippen molar-refractivity contribution >= 4 is 23.3 Å². The highest BCUT2D eigenvalue weighted by Gasteiger charge is 2.21. The number of benzene rings is 2. The van der Waals surface area contributed by atoms with E-state index in [4.69, 9.17) is 18.9 Å². The molecule has 0 aliphatic carbocycles. The average molecular weight is 523 g/mol. The van der Waals surface area contributed by atoms with Crippen LogP contribution in [-0.4, -0.2) is 52.5 Å². The minimum absolute atomic E-state index is 0.266. The van der Waals surface area contributed by atoms with Gasteiger partial charge in [0.25, 0.3) is 0 Å². The normalized spacial score (nSPS) is 16.7. The van der Waals surface area contributed by atoms with Gasteiger partial charge in [0.2, 0.25) is 0 Å². The third-order valence-electron chi connectivity index (χ3n) is 6.23. The third-order valence-corrected chi connectivity index (χ3v) is 6.23. The Morgan fingerprint density at radius 2 is 1.05 bits per heavy atom. The Kier molecular flexibility index (Phi) is 11.1. The quantitative estimate of drug-likeness (QED) is 0.333. The molecule has 0 aromatic heterocycles. The van der Waals surface area contributed by atoms with Gasteiger partial charge in [-0.15, -0.1) is 0 Å². The standard InChI is InChI=1S/2C15H19NO3/c2*1-3-19-15(17)11-13-5-4-10-16(13)12-6-8-14(18-2)9-7-12/h2*6-9,11H,3-5,10H2,1-2H3/b2*13-11+. The second-order valence-corrected chi connectivity index (χ2v) is 8.68. The Hall–Kier alpha value is -3.94. The van der Waals surface area contributed by atoms with E-state index in [-0.39, 0.29) is 11.9 Å². The van der Waals surface area contributed by atoms with E-state index in [2.05, 4.69) is 9.80 Å². The summed E-state index contributed by atoms with van der Waals surface area (Å²) >= 11 is 0. The van der Waals surface area contributed by atoms with Crippen molar-refractivity contribution in [2.45, 2.75) is 39.5 Å². The first-order valence-electron chi connectivity index (χ1n) is 13.1. The van der Waals surface area contributed by atoms with Gasteiger partial charge in [-0.05, 0) is 88.1 Å². The molecule has 8 heteroatoms. The van der Waals surface area contributed by atoms with Gasteiger partial charge in [-0.1, -0.05) is 0 Å². The summed E-state index contributed by atoms with van der Waals surface area (Å²) in [4.78, 5) is 27.4. The van der Waals surface area contributed by atoms with Crippen LogP contribution in [0, 0.1) is 0 Å². The highest BCUT2D eigenvalue weighted by molar-refractivity contribution is 5.84. The number of carbonyl (C=O) groups is 2. The first-order valence-corrected chi connectivity index (χ1v) is 13.1. The minimum atomic E-state index is -0.266. The van der Waals surface area contributed by atoms with Gasteiger partial charge in [0.15, 0.2) is 0 Å². The number of hydrogen-bond donors (Lipinski definition) is 0. The zero-order valence-electron chi connectivity index (χ0n) is 22.8. The van der Waals surface area contributed by atoms with Crippen LogP contribution in [0.25, 0.3) is 0 Å². The van der Waals surface area contributed by atoms with E-state index in [9.17, 15) is 9.59 Å². The summed E-state index contributed by atoms with van der Waals surface area (Å²) in [7, 11) is 3.30. The smallest absolute Gasteiger partial charge is 0.332 e. The Balaban J connectivity index is 0.000000211. The molecule has 0 saturated carbocycles. The van der Waals surface area contributed by atoms with Crippen molar-refractivity contribution < 1.29 is 28.5 Å². The van der Waals surface area contributed by atoms with Crippen molar-refractivity contribution in [1.82, 2.24) is 0 Å². The van der Waals surface area contributed by atoms with E-state index in [1.165, 1.54) is 0 Å². The number of carbonyl (C=O) groups excluding carboxylic acids is 2. The van der Waals surface area contributed by atoms with Gasteiger partial charge in [-0.25, -0.2) is 9.59 Å². The first kappa shape index (κ1) is 28.6. The molecule has 204 valence electrons. The van der Waals surface area contributed by atoms with Gasteiger partial charge in [0.05, 0.1) is 27.4 Å². The largest absolute Gasteiger partial charge is 0.497 e. The molecule has 2 heterocycles. The molecule has 0 amide bonds. The summed E-state index contributed by atoms with van der Waals surface area (Å²) in [6.07, 6.45) is 7.12. The molecule has 0 N–H and O–H groups in total. The van der Waals surface area contributed by atoms with Crippen LogP contribution in [0.15, 0.2) is 72.1 Å².